The molecule has 6 rings (SSSR count). The van der Waals surface area contributed by atoms with Gasteiger partial charge in [0.1, 0.15) is 17.3 Å². The minimum absolute atomic E-state index is 0.352. The molecule has 0 amide bonds. The van der Waals surface area contributed by atoms with Gasteiger partial charge in [-0.1, -0.05) is 0 Å². The van der Waals surface area contributed by atoms with Crippen LogP contribution >= 0.6 is 15.9 Å². The normalized spacial score (nSPS) is 18.0. The van der Waals surface area contributed by atoms with Crippen LogP contribution in [0.3, 0.4) is 0 Å². The lowest BCUT2D eigenvalue weighted by atomic mass is 10.0. The van der Waals surface area contributed by atoms with E-state index in [-0.39, 0.29) is 0 Å². The molecule has 0 saturated carbocycles. The largest absolute Gasteiger partial charge is 0.494 e. The lowest BCUT2D eigenvalue weighted by Gasteiger charge is -2.42. The lowest BCUT2D eigenvalue weighted by molar-refractivity contribution is 0.0982. The van der Waals surface area contributed by atoms with Gasteiger partial charge in [-0.05, 0) is 59.6 Å². The first-order valence-corrected chi connectivity index (χ1v) is 17.5. The molecule has 0 radical (unpaired) electrons. The highest BCUT2D eigenvalue weighted by atomic mass is 79.9. The van der Waals surface area contributed by atoms with Crippen LogP contribution in [0.15, 0.2) is 41.0 Å². The maximum atomic E-state index is 12.1. The van der Waals surface area contributed by atoms with Gasteiger partial charge in [0.05, 0.1) is 41.5 Å². The number of halogens is 1. The molecule has 14 heteroatoms. The van der Waals surface area contributed by atoms with Gasteiger partial charge >= 0.3 is 0 Å². The number of ether oxygens (including phenoxy) is 2. The Kier molecular flexibility index (Phi) is 9.03. The third kappa shape index (κ3) is 7.14. The van der Waals surface area contributed by atoms with Crippen molar-refractivity contribution < 1.29 is 17.9 Å². The third-order valence-corrected chi connectivity index (χ3v) is 9.61. The minimum atomic E-state index is -3.51. The Balaban J connectivity index is 1.16. The molecule has 3 aliphatic heterocycles. The summed E-state index contributed by atoms with van der Waals surface area (Å²) in [5, 5.41) is 6.52. The van der Waals surface area contributed by atoms with Crippen LogP contribution in [0, 0.1) is 0 Å². The Morgan fingerprint density at radius 3 is 2.50 bits per heavy atom. The number of anilines is 6. The zero-order valence-electron chi connectivity index (χ0n) is 25.3. The van der Waals surface area contributed by atoms with Gasteiger partial charge in [0, 0.05) is 75.7 Å². The summed E-state index contributed by atoms with van der Waals surface area (Å²) in [6.45, 7) is 7.20. The second-order valence-electron chi connectivity index (χ2n) is 11.6. The fraction of sp³-hybridized carbons (Fsp3) is 0.467. The summed E-state index contributed by atoms with van der Waals surface area (Å²) in [5.41, 5.74) is 3.75. The van der Waals surface area contributed by atoms with Gasteiger partial charge in [-0.2, -0.15) is 4.98 Å². The number of piperazine rings is 1. The van der Waals surface area contributed by atoms with Crippen LogP contribution in [0.5, 0.6) is 11.5 Å². The molecule has 3 N–H and O–H groups in total. The standard InChI is InChI=1S/C30H39BrN8O4S/c1-37-11-13-39(14-12-37)21-6-9-38(10-7-21)22-4-5-24(28(17-22)42-2)34-30-32-19-23(31)29(35-30)33-25-18-27-20(8-15-43-27)16-26(25)36-44(3,40)41/h4-5,16-19,21,36H,6-15H2,1-3H3,(H2,32,33,34,35). The molecule has 0 spiro atoms. The van der Waals surface area contributed by atoms with Gasteiger partial charge < -0.3 is 29.9 Å². The molecule has 0 atom stereocenters. The summed E-state index contributed by atoms with van der Waals surface area (Å²) in [6.07, 6.45) is 5.79. The van der Waals surface area contributed by atoms with Gasteiger partial charge in [-0.15, -0.1) is 0 Å². The molecule has 44 heavy (non-hydrogen) atoms. The van der Waals surface area contributed by atoms with Gasteiger partial charge in [0.2, 0.25) is 16.0 Å². The number of methoxy groups -OCH3 is 1. The van der Waals surface area contributed by atoms with Gasteiger partial charge in [0.15, 0.2) is 0 Å². The summed E-state index contributed by atoms with van der Waals surface area (Å²) in [4.78, 5) is 16.6. The van der Waals surface area contributed by atoms with Crippen molar-refractivity contribution in [2.75, 3.05) is 86.5 Å². The Hall–Kier alpha value is -3.33. The highest BCUT2D eigenvalue weighted by Gasteiger charge is 2.27. The SMILES string of the molecule is COc1cc(N2CCC(N3CCN(C)CC3)CC2)ccc1Nc1ncc(Br)c(Nc2cc3c(cc2NS(C)(=O)=O)CCO3)n1. The van der Waals surface area contributed by atoms with Crippen molar-refractivity contribution in [3.63, 3.8) is 0 Å². The number of nitrogens with zero attached hydrogens (tertiary/aromatic N) is 5. The number of hydrogen-bond donors (Lipinski definition) is 3. The van der Waals surface area contributed by atoms with E-state index in [0.717, 1.165) is 81.7 Å². The Labute approximate surface area is 267 Å². The van der Waals surface area contributed by atoms with Crippen LogP contribution in [-0.4, -0.2) is 101 Å². The van der Waals surface area contributed by atoms with E-state index >= 15 is 0 Å². The lowest BCUT2D eigenvalue weighted by Crippen LogP contribution is -2.52. The number of benzene rings is 2. The molecular weight excluding hydrogens is 648 g/mol. The summed E-state index contributed by atoms with van der Waals surface area (Å²) >= 11 is 3.52. The monoisotopic (exact) mass is 686 g/mol. The smallest absolute Gasteiger partial charge is 0.229 e. The van der Waals surface area contributed by atoms with Gasteiger partial charge in [-0.3, -0.25) is 9.62 Å². The molecule has 2 fully saturated rings. The van der Waals surface area contributed by atoms with Crippen LogP contribution in [0.4, 0.5) is 34.5 Å². The van der Waals surface area contributed by atoms with Crippen molar-refractivity contribution in [3.8, 4) is 11.5 Å². The molecule has 3 aliphatic rings. The second-order valence-corrected chi connectivity index (χ2v) is 14.2. The fourth-order valence-electron chi connectivity index (χ4n) is 6.03. The summed E-state index contributed by atoms with van der Waals surface area (Å²) in [5.74, 6) is 2.21. The quantitative estimate of drug-likeness (QED) is 0.299. The summed E-state index contributed by atoms with van der Waals surface area (Å²) < 4.78 is 38.8. The van der Waals surface area contributed by atoms with Crippen LogP contribution in [0.25, 0.3) is 0 Å². The highest BCUT2D eigenvalue weighted by Crippen LogP contribution is 2.38. The molecule has 0 unspecified atom stereocenters. The van der Waals surface area contributed by atoms with Gasteiger partial charge in [-0.25, -0.2) is 13.4 Å². The maximum absolute atomic E-state index is 12.1. The number of nitrogens with one attached hydrogen (secondary N) is 3. The zero-order chi connectivity index (χ0) is 30.8. The van der Waals surface area contributed by atoms with E-state index in [1.807, 2.05) is 6.07 Å². The number of rotatable bonds is 9. The van der Waals surface area contributed by atoms with Crippen molar-refractivity contribution in [2.45, 2.75) is 25.3 Å². The first-order chi connectivity index (χ1) is 21.1. The molecule has 236 valence electrons. The second kappa shape index (κ2) is 13.0. The van der Waals surface area contributed by atoms with Crippen LogP contribution in [0.2, 0.25) is 0 Å². The van der Waals surface area contributed by atoms with E-state index in [4.69, 9.17) is 9.47 Å². The predicted molar refractivity (Wildman–Crippen MR) is 178 cm³/mol. The van der Waals surface area contributed by atoms with Crippen LogP contribution in [-0.2, 0) is 16.4 Å². The third-order valence-electron chi connectivity index (χ3n) is 8.44. The first kappa shape index (κ1) is 30.7. The van der Waals surface area contributed by atoms with Crippen LogP contribution in [0.1, 0.15) is 18.4 Å². The van der Waals surface area contributed by atoms with Crippen molar-refractivity contribution in [1.82, 2.24) is 19.8 Å². The average Bonchev–Trinajstić information content (AvgIpc) is 3.46. The van der Waals surface area contributed by atoms with E-state index in [2.05, 4.69) is 75.1 Å². The van der Waals surface area contributed by atoms with E-state index in [9.17, 15) is 8.42 Å². The number of fused-ring (bicyclic) bond motifs is 1. The van der Waals surface area contributed by atoms with E-state index in [1.54, 1.807) is 25.4 Å². The summed E-state index contributed by atoms with van der Waals surface area (Å²) in [7, 11) is 0.353. The first-order valence-electron chi connectivity index (χ1n) is 14.8. The maximum Gasteiger partial charge on any atom is 0.229 e. The average molecular weight is 688 g/mol. The summed E-state index contributed by atoms with van der Waals surface area (Å²) in [6, 6.07) is 10.4. The number of piperidine rings is 1. The number of aromatic nitrogens is 2. The molecule has 0 aliphatic carbocycles. The molecule has 3 aromatic rings. The predicted octanol–water partition coefficient (Wildman–Crippen LogP) is 4.26. The number of hydrogen-bond acceptors (Lipinski definition) is 11. The minimum Gasteiger partial charge on any atom is -0.494 e. The number of likely N-dealkylation sites (N-methyl/N-ethyl adjacent to an activating group) is 1. The van der Waals surface area contributed by atoms with E-state index < -0.39 is 10.0 Å². The molecule has 12 nitrogen and oxygen atoms in total. The topological polar surface area (TPSA) is 124 Å². The van der Waals surface area contributed by atoms with Gasteiger partial charge in [0.25, 0.3) is 0 Å². The Morgan fingerprint density at radius 1 is 1.00 bits per heavy atom. The molecular formula is C30H39BrN8O4S. The van der Waals surface area contributed by atoms with Crippen molar-refractivity contribution in [1.29, 1.82) is 0 Å². The van der Waals surface area contributed by atoms with Crippen molar-refractivity contribution >= 4 is 60.5 Å². The number of sulfonamides is 1. The fourth-order valence-corrected chi connectivity index (χ4v) is 6.89. The van der Waals surface area contributed by atoms with Crippen molar-refractivity contribution in [3.05, 3.63) is 46.6 Å². The van der Waals surface area contributed by atoms with Crippen LogP contribution < -0.4 is 29.7 Å². The Bertz CT molecular complexity index is 1610. The molecule has 1 aromatic heterocycles. The highest BCUT2D eigenvalue weighted by molar-refractivity contribution is 9.10. The molecule has 2 saturated heterocycles. The van der Waals surface area contributed by atoms with Crippen molar-refractivity contribution in [2.24, 2.45) is 0 Å². The molecule has 2 aromatic carbocycles. The van der Waals surface area contributed by atoms with E-state index in [1.165, 1.54) is 0 Å². The molecule has 0 bridgehead atoms. The van der Waals surface area contributed by atoms with E-state index in [0.29, 0.717) is 51.8 Å². The zero-order valence-corrected chi connectivity index (χ0v) is 27.7. The molecule has 4 heterocycles. The Morgan fingerprint density at radius 2 is 1.77 bits per heavy atom.